The molecule has 1 heterocycles. The van der Waals surface area contributed by atoms with E-state index in [1.807, 2.05) is 13.8 Å². The molecule has 1 aromatic carbocycles. The first kappa shape index (κ1) is 12.7. The molecule has 18 heavy (non-hydrogen) atoms. The van der Waals surface area contributed by atoms with Crippen LogP contribution in [0.15, 0.2) is 22.7 Å². The Labute approximate surface area is 106 Å². The molecule has 0 saturated carbocycles. The summed E-state index contributed by atoms with van der Waals surface area (Å²) in [7, 11) is 0. The Morgan fingerprint density at radius 1 is 1.11 bits per heavy atom. The highest BCUT2D eigenvalue weighted by molar-refractivity contribution is 5.60. The number of halogens is 1. The van der Waals surface area contributed by atoms with Gasteiger partial charge in [0.2, 0.25) is 11.7 Å². The summed E-state index contributed by atoms with van der Waals surface area (Å²) in [6, 6.07) is 4.70. The van der Waals surface area contributed by atoms with Gasteiger partial charge in [0.25, 0.3) is 0 Å². The van der Waals surface area contributed by atoms with E-state index >= 15 is 0 Å². The maximum atomic E-state index is 13.4. The lowest BCUT2D eigenvalue weighted by atomic mass is 9.97. The summed E-state index contributed by atoms with van der Waals surface area (Å²) in [5.41, 5.74) is 1.73. The molecule has 0 spiro atoms. The summed E-state index contributed by atoms with van der Waals surface area (Å²) < 4.78 is 18.5. The molecule has 2 aromatic rings. The summed E-state index contributed by atoms with van der Waals surface area (Å²) in [5, 5.41) is 3.94. The van der Waals surface area contributed by atoms with Crippen LogP contribution < -0.4 is 0 Å². The first-order chi connectivity index (χ1) is 8.49. The molecule has 96 valence electrons. The molecule has 4 heteroatoms. The van der Waals surface area contributed by atoms with Crippen LogP contribution in [0.3, 0.4) is 0 Å². The Morgan fingerprint density at radius 2 is 1.83 bits per heavy atom. The van der Waals surface area contributed by atoms with E-state index in [0.29, 0.717) is 17.3 Å². The second kappa shape index (κ2) is 4.88. The maximum Gasteiger partial charge on any atom is 0.229 e. The topological polar surface area (TPSA) is 38.9 Å². The molecule has 0 bridgehead atoms. The Bertz CT molecular complexity index is 546. The van der Waals surface area contributed by atoms with Crippen LogP contribution in [0.1, 0.15) is 51.0 Å². The van der Waals surface area contributed by atoms with Crippen molar-refractivity contribution < 1.29 is 8.91 Å². The molecular weight excluding hydrogens is 231 g/mol. The molecule has 0 saturated heterocycles. The average molecular weight is 248 g/mol. The third-order valence-electron chi connectivity index (χ3n) is 2.81. The second-order valence-electron chi connectivity index (χ2n) is 5.00. The molecule has 0 amide bonds. The van der Waals surface area contributed by atoms with E-state index in [0.717, 1.165) is 5.56 Å². The van der Waals surface area contributed by atoms with Gasteiger partial charge in [-0.1, -0.05) is 38.9 Å². The fourth-order valence-electron chi connectivity index (χ4n) is 1.80. The monoisotopic (exact) mass is 248 g/mol. The van der Waals surface area contributed by atoms with Crippen molar-refractivity contribution in [3.8, 4) is 11.4 Å². The highest BCUT2D eigenvalue weighted by atomic mass is 19.1. The van der Waals surface area contributed by atoms with Crippen LogP contribution in [0.4, 0.5) is 4.39 Å². The van der Waals surface area contributed by atoms with Gasteiger partial charge in [-0.05, 0) is 23.6 Å². The normalized spacial score (nSPS) is 11.5. The maximum absolute atomic E-state index is 13.4. The molecular formula is C14H17FN2O. The van der Waals surface area contributed by atoms with Crippen molar-refractivity contribution in [3.05, 3.63) is 35.5 Å². The SMILES string of the molecule is CC(C)c1nc(-c2cc(F)ccc2C(C)C)no1. The van der Waals surface area contributed by atoms with Gasteiger partial charge < -0.3 is 4.52 Å². The van der Waals surface area contributed by atoms with Gasteiger partial charge >= 0.3 is 0 Å². The Balaban J connectivity index is 2.51. The zero-order valence-electron chi connectivity index (χ0n) is 11.1. The van der Waals surface area contributed by atoms with E-state index in [1.165, 1.54) is 12.1 Å². The average Bonchev–Trinajstić information content (AvgIpc) is 2.77. The van der Waals surface area contributed by atoms with Gasteiger partial charge in [-0.25, -0.2) is 4.39 Å². The minimum atomic E-state index is -0.287. The third kappa shape index (κ3) is 2.42. The largest absolute Gasteiger partial charge is 0.339 e. The van der Waals surface area contributed by atoms with Crippen molar-refractivity contribution >= 4 is 0 Å². The van der Waals surface area contributed by atoms with Crippen LogP contribution in [0.25, 0.3) is 11.4 Å². The quantitative estimate of drug-likeness (QED) is 0.820. The molecule has 0 aliphatic rings. The highest BCUT2D eigenvalue weighted by Gasteiger charge is 2.16. The molecule has 3 nitrogen and oxygen atoms in total. The lowest BCUT2D eigenvalue weighted by Crippen LogP contribution is -1.95. The Hall–Kier alpha value is -1.71. The van der Waals surface area contributed by atoms with E-state index in [2.05, 4.69) is 24.0 Å². The summed E-state index contributed by atoms with van der Waals surface area (Å²) in [6.45, 7) is 8.07. The van der Waals surface area contributed by atoms with Gasteiger partial charge in [0, 0.05) is 11.5 Å². The Kier molecular flexibility index (Phi) is 3.45. The van der Waals surface area contributed by atoms with Crippen LogP contribution in [0.5, 0.6) is 0 Å². The summed E-state index contributed by atoms with van der Waals surface area (Å²) in [6.07, 6.45) is 0. The molecule has 0 atom stereocenters. The number of hydrogen-bond acceptors (Lipinski definition) is 3. The summed E-state index contributed by atoms with van der Waals surface area (Å²) in [4.78, 5) is 4.32. The predicted molar refractivity (Wildman–Crippen MR) is 67.9 cm³/mol. The Morgan fingerprint density at radius 3 is 2.39 bits per heavy atom. The molecule has 0 unspecified atom stereocenters. The summed E-state index contributed by atoms with van der Waals surface area (Å²) >= 11 is 0. The van der Waals surface area contributed by atoms with Gasteiger partial charge in [0.1, 0.15) is 5.82 Å². The van der Waals surface area contributed by atoms with Crippen molar-refractivity contribution in [1.29, 1.82) is 0 Å². The number of aromatic nitrogens is 2. The van der Waals surface area contributed by atoms with Crippen molar-refractivity contribution in [1.82, 2.24) is 10.1 Å². The van der Waals surface area contributed by atoms with Gasteiger partial charge in [-0.15, -0.1) is 0 Å². The van der Waals surface area contributed by atoms with Crippen LogP contribution in [0, 0.1) is 5.82 Å². The lowest BCUT2D eigenvalue weighted by molar-refractivity contribution is 0.365. The minimum Gasteiger partial charge on any atom is -0.339 e. The number of rotatable bonds is 3. The fourth-order valence-corrected chi connectivity index (χ4v) is 1.80. The fraction of sp³-hybridized carbons (Fsp3) is 0.429. The van der Waals surface area contributed by atoms with Crippen molar-refractivity contribution in [2.24, 2.45) is 0 Å². The highest BCUT2D eigenvalue weighted by Crippen LogP contribution is 2.28. The smallest absolute Gasteiger partial charge is 0.229 e. The van der Waals surface area contributed by atoms with Gasteiger partial charge in [-0.2, -0.15) is 4.98 Å². The summed E-state index contributed by atoms with van der Waals surface area (Å²) in [5.74, 6) is 1.19. The van der Waals surface area contributed by atoms with Crippen molar-refractivity contribution in [3.63, 3.8) is 0 Å². The zero-order chi connectivity index (χ0) is 13.3. The standard InChI is InChI=1S/C14H17FN2O/c1-8(2)11-6-5-10(15)7-12(11)13-16-14(9(3)4)18-17-13/h5-9H,1-4H3. The van der Waals surface area contributed by atoms with Gasteiger partial charge in [-0.3, -0.25) is 0 Å². The molecule has 1 aromatic heterocycles. The van der Waals surface area contributed by atoms with E-state index < -0.39 is 0 Å². The number of benzene rings is 1. The lowest BCUT2D eigenvalue weighted by Gasteiger charge is -2.09. The van der Waals surface area contributed by atoms with Crippen molar-refractivity contribution in [2.45, 2.75) is 39.5 Å². The molecule has 2 rings (SSSR count). The van der Waals surface area contributed by atoms with Gasteiger partial charge in [0.15, 0.2) is 0 Å². The van der Waals surface area contributed by atoms with E-state index in [4.69, 9.17) is 4.52 Å². The third-order valence-corrected chi connectivity index (χ3v) is 2.81. The van der Waals surface area contributed by atoms with Crippen molar-refractivity contribution in [2.75, 3.05) is 0 Å². The molecule has 0 aliphatic heterocycles. The number of hydrogen-bond donors (Lipinski definition) is 0. The predicted octanol–water partition coefficient (Wildman–Crippen LogP) is 4.12. The molecule has 0 radical (unpaired) electrons. The molecule has 0 N–H and O–H groups in total. The minimum absolute atomic E-state index is 0.169. The van der Waals surface area contributed by atoms with Crippen LogP contribution in [-0.4, -0.2) is 10.1 Å². The van der Waals surface area contributed by atoms with Crippen LogP contribution >= 0.6 is 0 Å². The molecule has 0 aliphatic carbocycles. The van der Waals surface area contributed by atoms with E-state index in [-0.39, 0.29) is 17.7 Å². The van der Waals surface area contributed by atoms with E-state index in [9.17, 15) is 4.39 Å². The van der Waals surface area contributed by atoms with Crippen LogP contribution in [-0.2, 0) is 0 Å². The van der Waals surface area contributed by atoms with E-state index in [1.54, 1.807) is 6.07 Å². The van der Waals surface area contributed by atoms with Crippen LogP contribution in [0.2, 0.25) is 0 Å². The number of nitrogens with zero attached hydrogens (tertiary/aromatic N) is 2. The first-order valence-electron chi connectivity index (χ1n) is 6.12. The molecule has 0 fully saturated rings. The first-order valence-corrected chi connectivity index (χ1v) is 6.12. The zero-order valence-corrected chi connectivity index (χ0v) is 11.1. The van der Waals surface area contributed by atoms with Gasteiger partial charge in [0.05, 0.1) is 0 Å². The second-order valence-corrected chi connectivity index (χ2v) is 5.00.